The molecule has 0 aromatic carbocycles. The Kier molecular flexibility index (Phi) is 3.26. The van der Waals surface area contributed by atoms with Gasteiger partial charge in [-0.1, -0.05) is 13.8 Å². The molecule has 0 spiro atoms. The van der Waals surface area contributed by atoms with Gasteiger partial charge in [-0.15, -0.1) is 0 Å². The summed E-state index contributed by atoms with van der Waals surface area (Å²) in [5.41, 5.74) is 0. The summed E-state index contributed by atoms with van der Waals surface area (Å²) in [6.45, 7) is 5.13. The van der Waals surface area contributed by atoms with Gasteiger partial charge in [0.25, 0.3) is 0 Å². The molecule has 4 heteroatoms. The second kappa shape index (κ2) is 4.03. The summed E-state index contributed by atoms with van der Waals surface area (Å²) < 4.78 is 11.0. The average molecular weight is 189 g/mol. The molecule has 1 aliphatic rings. The molecule has 0 N–H and O–H groups in total. The molecule has 0 atom stereocenters. The van der Waals surface area contributed by atoms with E-state index in [0.717, 1.165) is 0 Å². The number of nitrogens with zero attached hydrogens (tertiary/aromatic N) is 1. The van der Waals surface area contributed by atoms with E-state index < -0.39 is 10.8 Å². The highest BCUT2D eigenvalue weighted by molar-refractivity contribution is 7.85. The van der Waals surface area contributed by atoms with E-state index in [2.05, 4.69) is 0 Å². The van der Waals surface area contributed by atoms with Gasteiger partial charge in [-0.25, -0.2) is 0 Å². The topological polar surface area (TPSA) is 37.4 Å². The molecule has 1 amide bonds. The predicted octanol–water partition coefficient (Wildman–Crippen LogP) is 0.233. The number of hydrogen-bond donors (Lipinski definition) is 0. The van der Waals surface area contributed by atoms with Crippen molar-refractivity contribution >= 4 is 16.7 Å². The third-order valence-electron chi connectivity index (χ3n) is 1.98. The maximum atomic E-state index is 11.4. The Balaban J connectivity index is 2.44. The van der Waals surface area contributed by atoms with E-state index in [1.807, 2.05) is 18.7 Å². The molecule has 0 aromatic rings. The molecule has 12 heavy (non-hydrogen) atoms. The molecule has 0 radical (unpaired) electrons. The van der Waals surface area contributed by atoms with Crippen LogP contribution in [0.15, 0.2) is 0 Å². The molecule has 0 bridgehead atoms. The van der Waals surface area contributed by atoms with Crippen LogP contribution in [0.4, 0.5) is 0 Å². The predicted molar refractivity (Wildman–Crippen MR) is 49.3 cm³/mol. The Morgan fingerprint density at radius 2 is 1.83 bits per heavy atom. The van der Waals surface area contributed by atoms with Crippen LogP contribution in [0.2, 0.25) is 0 Å². The molecule has 1 heterocycles. The molecule has 70 valence electrons. The van der Waals surface area contributed by atoms with E-state index in [4.69, 9.17) is 0 Å². The Hall–Kier alpha value is -0.380. The highest BCUT2D eigenvalue weighted by atomic mass is 32.2. The first-order valence-corrected chi connectivity index (χ1v) is 5.74. The van der Waals surface area contributed by atoms with E-state index in [9.17, 15) is 9.00 Å². The molecule has 1 fully saturated rings. The standard InChI is InChI=1S/C8H15NO2S/c1-7(2)8(10)9-3-5-12(11)6-4-9/h7H,3-6H2,1-2H3. The van der Waals surface area contributed by atoms with Crippen molar-refractivity contribution in [3.8, 4) is 0 Å². The summed E-state index contributed by atoms with van der Waals surface area (Å²) in [6, 6.07) is 0. The highest BCUT2D eigenvalue weighted by Crippen LogP contribution is 2.05. The lowest BCUT2D eigenvalue weighted by Crippen LogP contribution is -2.43. The van der Waals surface area contributed by atoms with Crippen LogP contribution >= 0.6 is 0 Å². The Morgan fingerprint density at radius 3 is 2.25 bits per heavy atom. The van der Waals surface area contributed by atoms with Crippen LogP contribution in [0.5, 0.6) is 0 Å². The first-order valence-electron chi connectivity index (χ1n) is 4.25. The molecule has 1 aliphatic heterocycles. The van der Waals surface area contributed by atoms with Gasteiger partial charge in [0.15, 0.2) is 0 Å². The lowest BCUT2D eigenvalue weighted by atomic mass is 10.2. The molecule has 3 nitrogen and oxygen atoms in total. The maximum absolute atomic E-state index is 11.4. The molecule has 1 rings (SSSR count). The first-order chi connectivity index (χ1) is 5.61. The quantitative estimate of drug-likeness (QED) is 0.592. The minimum absolute atomic E-state index is 0.0662. The molecule has 0 saturated carbocycles. The molecule has 0 aliphatic carbocycles. The summed E-state index contributed by atoms with van der Waals surface area (Å²) in [7, 11) is -0.685. The SMILES string of the molecule is CC(C)C(=O)N1CCS(=O)CC1. The van der Waals surface area contributed by atoms with Gasteiger partial charge in [-0.05, 0) is 0 Å². The number of rotatable bonds is 1. The summed E-state index contributed by atoms with van der Waals surface area (Å²) in [6.07, 6.45) is 0. The van der Waals surface area contributed by atoms with Crippen LogP contribution in [-0.4, -0.2) is 39.6 Å². The van der Waals surface area contributed by atoms with Gasteiger partial charge < -0.3 is 4.90 Å². The van der Waals surface area contributed by atoms with Crippen molar-refractivity contribution in [3.63, 3.8) is 0 Å². The summed E-state index contributed by atoms with van der Waals surface area (Å²) >= 11 is 0. The normalized spacial score (nSPS) is 20.1. The maximum Gasteiger partial charge on any atom is 0.225 e. The van der Waals surface area contributed by atoms with E-state index in [1.165, 1.54) is 0 Å². The smallest absolute Gasteiger partial charge is 0.225 e. The van der Waals surface area contributed by atoms with Crippen molar-refractivity contribution in [2.24, 2.45) is 5.92 Å². The third kappa shape index (κ3) is 2.30. The number of carbonyl (C=O) groups excluding carboxylic acids is 1. The second-order valence-corrected chi connectivity index (χ2v) is 5.02. The van der Waals surface area contributed by atoms with E-state index >= 15 is 0 Å². The van der Waals surface area contributed by atoms with Gasteiger partial charge in [0, 0.05) is 41.3 Å². The number of carbonyl (C=O) groups is 1. The average Bonchev–Trinajstić information content (AvgIpc) is 2.04. The zero-order valence-electron chi connectivity index (χ0n) is 7.58. The van der Waals surface area contributed by atoms with Gasteiger partial charge in [0.1, 0.15) is 0 Å². The van der Waals surface area contributed by atoms with Crippen molar-refractivity contribution in [3.05, 3.63) is 0 Å². The van der Waals surface area contributed by atoms with Crippen molar-refractivity contribution in [2.45, 2.75) is 13.8 Å². The van der Waals surface area contributed by atoms with Gasteiger partial charge in [0.05, 0.1) is 0 Å². The number of hydrogen-bond acceptors (Lipinski definition) is 2. The Labute approximate surface area is 75.6 Å². The monoisotopic (exact) mass is 189 g/mol. The lowest BCUT2D eigenvalue weighted by Gasteiger charge is -2.27. The molecule has 1 saturated heterocycles. The van der Waals surface area contributed by atoms with Crippen LogP contribution in [0.25, 0.3) is 0 Å². The molecular weight excluding hydrogens is 174 g/mol. The van der Waals surface area contributed by atoms with E-state index in [0.29, 0.717) is 24.6 Å². The first kappa shape index (κ1) is 9.71. The zero-order chi connectivity index (χ0) is 9.14. The fraction of sp³-hybridized carbons (Fsp3) is 0.875. The largest absolute Gasteiger partial charge is 0.341 e. The van der Waals surface area contributed by atoms with E-state index in [1.54, 1.807) is 0 Å². The summed E-state index contributed by atoms with van der Waals surface area (Å²) in [5, 5.41) is 0. The third-order valence-corrected chi connectivity index (χ3v) is 3.26. The van der Waals surface area contributed by atoms with Crippen LogP contribution in [0.1, 0.15) is 13.8 Å². The fourth-order valence-electron chi connectivity index (χ4n) is 1.22. The zero-order valence-corrected chi connectivity index (χ0v) is 8.39. The van der Waals surface area contributed by atoms with Gasteiger partial charge >= 0.3 is 0 Å². The Morgan fingerprint density at radius 1 is 1.33 bits per heavy atom. The second-order valence-electron chi connectivity index (χ2n) is 3.33. The highest BCUT2D eigenvalue weighted by Gasteiger charge is 2.21. The lowest BCUT2D eigenvalue weighted by molar-refractivity contribution is -0.134. The van der Waals surface area contributed by atoms with Gasteiger partial charge in [-0.3, -0.25) is 9.00 Å². The van der Waals surface area contributed by atoms with Crippen molar-refractivity contribution in [2.75, 3.05) is 24.6 Å². The molecule has 0 aromatic heterocycles. The number of amides is 1. The summed E-state index contributed by atoms with van der Waals surface area (Å²) in [5.74, 6) is 1.56. The van der Waals surface area contributed by atoms with Crippen molar-refractivity contribution in [1.82, 2.24) is 4.90 Å². The molecule has 0 unspecified atom stereocenters. The minimum Gasteiger partial charge on any atom is -0.341 e. The van der Waals surface area contributed by atoms with Crippen molar-refractivity contribution in [1.29, 1.82) is 0 Å². The van der Waals surface area contributed by atoms with Crippen LogP contribution in [-0.2, 0) is 15.6 Å². The van der Waals surface area contributed by atoms with Gasteiger partial charge in [0.2, 0.25) is 5.91 Å². The van der Waals surface area contributed by atoms with E-state index in [-0.39, 0.29) is 11.8 Å². The van der Waals surface area contributed by atoms with Crippen molar-refractivity contribution < 1.29 is 9.00 Å². The fourth-order valence-corrected chi connectivity index (χ4v) is 2.28. The van der Waals surface area contributed by atoms with Crippen LogP contribution < -0.4 is 0 Å². The Bertz CT molecular complexity index is 193. The minimum atomic E-state index is -0.685. The molecular formula is C8H15NO2S. The summed E-state index contributed by atoms with van der Waals surface area (Å²) in [4.78, 5) is 13.2. The van der Waals surface area contributed by atoms with Gasteiger partial charge in [-0.2, -0.15) is 0 Å². The van der Waals surface area contributed by atoms with Crippen LogP contribution in [0, 0.1) is 5.92 Å². The van der Waals surface area contributed by atoms with Crippen LogP contribution in [0.3, 0.4) is 0 Å².